The average Bonchev–Trinajstić information content (AvgIpc) is 2.52. The van der Waals surface area contributed by atoms with Crippen molar-refractivity contribution in [2.24, 2.45) is 5.92 Å². The summed E-state index contributed by atoms with van der Waals surface area (Å²) >= 11 is 0. The molecule has 0 amide bonds. The molecule has 0 bridgehead atoms. The smallest absolute Gasteiger partial charge is 0.315 e. The summed E-state index contributed by atoms with van der Waals surface area (Å²) in [4.78, 5) is 33.5. The topological polar surface area (TPSA) is 104 Å². The summed E-state index contributed by atoms with van der Waals surface area (Å²) in [5.41, 5.74) is 0. The lowest BCUT2D eigenvalue weighted by molar-refractivity contribution is -0.146. The molecule has 0 aliphatic rings. The monoisotopic (exact) mass is 343 g/mol. The van der Waals surface area contributed by atoms with Gasteiger partial charge in [0.2, 0.25) is 0 Å². The first kappa shape index (κ1) is 22.6. The number of rotatable bonds is 17. The number of unbranched alkanes of at least 4 members (excludes halogenated alkanes) is 8. The van der Waals surface area contributed by atoms with Crippen LogP contribution in [0.4, 0.5) is 0 Å². The van der Waals surface area contributed by atoms with Gasteiger partial charge in [-0.3, -0.25) is 14.4 Å². The lowest BCUT2D eigenvalue weighted by Gasteiger charge is -2.12. The number of carboxylic acid groups (broad SMARTS) is 2. The molecular formula is C18H33NO5. The van der Waals surface area contributed by atoms with Gasteiger partial charge in [-0.1, -0.05) is 58.3 Å². The largest absolute Gasteiger partial charge is 0.481 e. The third-order valence-corrected chi connectivity index (χ3v) is 4.08. The predicted octanol–water partition coefficient (Wildman–Crippen LogP) is 3.24. The molecule has 0 saturated carbocycles. The molecule has 0 radical (unpaired) electrons. The number of nitrogens with one attached hydrogen (secondary N) is 1. The van der Waals surface area contributed by atoms with Gasteiger partial charge in [0, 0.05) is 19.5 Å². The molecule has 1 atom stereocenters. The Balaban J connectivity index is 3.75. The fourth-order valence-electron chi connectivity index (χ4n) is 2.56. The van der Waals surface area contributed by atoms with Crippen molar-refractivity contribution in [3.8, 4) is 0 Å². The highest BCUT2D eigenvalue weighted by molar-refractivity contribution is 5.98. The van der Waals surface area contributed by atoms with Crippen molar-refractivity contribution in [2.75, 3.05) is 13.1 Å². The highest BCUT2D eigenvalue weighted by atomic mass is 16.4. The van der Waals surface area contributed by atoms with E-state index < -0.39 is 17.9 Å². The van der Waals surface area contributed by atoms with Crippen molar-refractivity contribution in [3.63, 3.8) is 0 Å². The molecule has 0 aromatic rings. The summed E-state index contributed by atoms with van der Waals surface area (Å²) in [6, 6.07) is 0. The highest BCUT2D eigenvalue weighted by Gasteiger charge is 2.24. The van der Waals surface area contributed by atoms with Gasteiger partial charge in [0.15, 0.2) is 0 Å². The van der Waals surface area contributed by atoms with Crippen LogP contribution in [-0.4, -0.2) is 41.0 Å². The molecule has 0 aromatic carbocycles. The number of aliphatic carboxylic acids is 2. The normalized spacial score (nSPS) is 12.0. The van der Waals surface area contributed by atoms with Gasteiger partial charge in [-0.2, -0.15) is 0 Å². The molecule has 140 valence electrons. The molecule has 24 heavy (non-hydrogen) atoms. The van der Waals surface area contributed by atoms with Gasteiger partial charge in [0.05, 0.1) is 6.42 Å². The van der Waals surface area contributed by atoms with E-state index in [1.807, 2.05) is 0 Å². The van der Waals surface area contributed by atoms with Crippen molar-refractivity contribution in [1.29, 1.82) is 0 Å². The van der Waals surface area contributed by atoms with Crippen LogP contribution >= 0.6 is 0 Å². The number of carboxylic acids is 2. The quantitative estimate of drug-likeness (QED) is 0.277. The second kappa shape index (κ2) is 15.1. The van der Waals surface area contributed by atoms with E-state index in [0.29, 0.717) is 0 Å². The molecule has 0 fully saturated rings. The van der Waals surface area contributed by atoms with Crippen LogP contribution in [0.5, 0.6) is 0 Å². The zero-order valence-electron chi connectivity index (χ0n) is 14.9. The van der Waals surface area contributed by atoms with Crippen LogP contribution in [0.2, 0.25) is 0 Å². The second-order valence-electron chi connectivity index (χ2n) is 6.28. The van der Waals surface area contributed by atoms with Crippen LogP contribution in [0.25, 0.3) is 0 Å². The number of carbonyl (C=O) groups excluding carboxylic acids is 1. The van der Waals surface area contributed by atoms with E-state index in [1.165, 1.54) is 38.5 Å². The number of carbonyl (C=O) groups is 3. The lowest BCUT2D eigenvalue weighted by Crippen LogP contribution is -2.35. The third kappa shape index (κ3) is 13.0. The van der Waals surface area contributed by atoms with E-state index >= 15 is 0 Å². The molecule has 1 unspecified atom stereocenters. The van der Waals surface area contributed by atoms with Crippen LogP contribution in [0.15, 0.2) is 0 Å². The molecule has 0 aliphatic carbocycles. The Hall–Kier alpha value is -1.43. The lowest BCUT2D eigenvalue weighted by atomic mass is 9.98. The van der Waals surface area contributed by atoms with Gasteiger partial charge < -0.3 is 15.5 Å². The number of hydrogen-bond acceptors (Lipinski definition) is 4. The Morgan fingerprint density at radius 3 is 1.88 bits per heavy atom. The van der Waals surface area contributed by atoms with E-state index in [0.717, 1.165) is 19.3 Å². The van der Waals surface area contributed by atoms with Crippen molar-refractivity contribution >= 4 is 17.7 Å². The summed E-state index contributed by atoms with van der Waals surface area (Å²) < 4.78 is 0. The maximum absolute atomic E-state index is 12.0. The molecule has 0 aromatic heterocycles. The Kier molecular flexibility index (Phi) is 14.2. The summed E-state index contributed by atoms with van der Waals surface area (Å²) in [5, 5.41) is 20.4. The first-order valence-corrected chi connectivity index (χ1v) is 9.17. The molecule has 0 spiro atoms. The highest BCUT2D eigenvalue weighted by Crippen LogP contribution is 2.12. The Labute approximate surface area is 145 Å². The van der Waals surface area contributed by atoms with Crippen molar-refractivity contribution < 1.29 is 24.6 Å². The third-order valence-electron chi connectivity index (χ3n) is 4.08. The minimum Gasteiger partial charge on any atom is -0.481 e. The average molecular weight is 343 g/mol. The fraction of sp³-hybridized carbons (Fsp3) is 0.833. The summed E-state index contributed by atoms with van der Waals surface area (Å²) in [7, 11) is 0. The van der Waals surface area contributed by atoms with E-state index in [2.05, 4.69) is 12.2 Å². The first-order valence-electron chi connectivity index (χ1n) is 9.17. The minimum absolute atomic E-state index is 0.00112. The van der Waals surface area contributed by atoms with Crippen LogP contribution in [-0.2, 0) is 14.4 Å². The van der Waals surface area contributed by atoms with E-state index in [4.69, 9.17) is 10.2 Å². The van der Waals surface area contributed by atoms with E-state index in [9.17, 15) is 14.4 Å². The molecule has 0 heterocycles. The Morgan fingerprint density at radius 2 is 1.38 bits per heavy atom. The second-order valence-corrected chi connectivity index (χ2v) is 6.28. The van der Waals surface area contributed by atoms with Gasteiger partial charge in [0.1, 0.15) is 11.7 Å². The van der Waals surface area contributed by atoms with Crippen molar-refractivity contribution in [1.82, 2.24) is 5.32 Å². The summed E-state index contributed by atoms with van der Waals surface area (Å²) in [6.07, 6.45) is 10.5. The van der Waals surface area contributed by atoms with Gasteiger partial charge in [0.25, 0.3) is 0 Å². The van der Waals surface area contributed by atoms with Gasteiger partial charge in [-0.25, -0.2) is 0 Å². The molecule has 0 aliphatic heterocycles. The zero-order valence-corrected chi connectivity index (χ0v) is 14.9. The standard InChI is InChI=1S/C18H33NO5/c1-2-3-4-5-6-7-8-9-10-11-16(20)15(18(23)24)14-19-13-12-17(21)22/h15,19H,2-14H2,1H3,(H,21,22)(H,23,24). The van der Waals surface area contributed by atoms with Crippen LogP contribution in [0, 0.1) is 5.92 Å². The van der Waals surface area contributed by atoms with Crippen LogP contribution in [0.1, 0.15) is 77.6 Å². The number of Topliss-reactive ketones (excluding diaryl/α,β-unsaturated/α-hetero) is 1. The summed E-state index contributed by atoms with van der Waals surface area (Å²) in [6.45, 7) is 2.37. The van der Waals surface area contributed by atoms with Gasteiger partial charge in [-0.15, -0.1) is 0 Å². The number of ketones is 1. The van der Waals surface area contributed by atoms with Crippen LogP contribution < -0.4 is 5.32 Å². The fourth-order valence-corrected chi connectivity index (χ4v) is 2.56. The molecule has 0 saturated heterocycles. The molecular weight excluding hydrogens is 310 g/mol. The number of hydrogen-bond donors (Lipinski definition) is 3. The molecule has 0 rings (SSSR count). The Morgan fingerprint density at radius 1 is 0.833 bits per heavy atom. The van der Waals surface area contributed by atoms with Crippen LogP contribution in [0.3, 0.4) is 0 Å². The van der Waals surface area contributed by atoms with Crippen molar-refractivity contribution in [3.05, 3.63) is 0 Å². The van der Waals surface area contributed by atoms with E-state index in [1.54, 1.807) is 0 Å². The maximum atomic E-state index is 12.0. The van der Waals surface area contributed by atoms with Crippen molar-refractivity contribution in [2.45, 2.75) is 77.6 Å². The summed E-state index contributed by atoms with van der Waals surface area (Å²) in [5.74, 6) is -3.43. The zero-order chi connectivity index (χ0) is 18.2. The van der Waals surface area contributed by atoms with Gasteiger partial charge in [-0.05, 0) is 6.42 Å². The molecule has 3 N–H and O–H groups in total. The SMILES string of the molecule is CCCCCCCCCCCC(=O)C(CNCCC(=O)O)C(=O)O. The maximum Gasteiger partial charge on any atom is 0.315 e. The minimum atomic E-state index is -1.14. The predicted molar refractivity (Wildman–Crippen MR) is 93.1 cm³/mol. The first-order chi connectivity index (χ1) is 11.5. The molecule has 6 heteroatoms. The van der Waals surface area contributed by atoms with Gasteiger partial charge >= 0.3 is 11.9 Å². The Bertz CT molecular complexity index is 370. The molecule has 6 nitrogen and oxygen atoms in total. The van der Waals surface area contributed by atoms with E-state index in [-0.39, 0.29) is 31.7 Å².